The molecule has 5 heteroatoms. The van der Waals surface area contributed by atoms with Crippen LogP contribution in [0.3, 0.4) is 0 Å². The summed E-state index contributed by atoms with van der Waals surface area (Å²) in [6.07, 6.45) is 0. The molecule has 1 aromatic heterocycles. The maximum atomic E-state index is 13.4. The van der Waals surface area contributed by atoms with Crippen LogP contribution < -0.4 is 4.90 Å². The van der Waals surface area contributed by atoms with Crippen molar-refractivity contribution in [3.8, 4) is 11.1 Å². The summed E-state index contributed by atoms with van der Waals surface area (Å²) in [7, 11) is 4.02. The Morgan fingerprint density at radius 1 is 0.828 bits per heavy atom. The van der Waals surface area contributed by atoms with Crippen molar-refractivity contribution in [3.63, 3.8) is 0 Å². The molecular weight excluding hydrogens is 378 g/mol. The topological polar surface area (TPSA) is 36.4 Å². The van der Waals surface area contributed by atoms with E-state index in [1.165, 1.54) is 0 Å². The fraction of sp³-hybridized carbons (Fsp3) is 0.167. The molecule has 1 amide bonds. The largest absolute Gasteiger partial charge is 0.308 e. The van der Waals surface area contributed by atoms with E-state index in [0.29, 0.717) is 12.1 Å². The molecule has 0 atom stereocenters. The van der Waals surface area contributed by atoms with Gasteiger partial charge in [0.25, 0.3) is 5.91 Å². The lowest BCUT2D eigenvalue weighted by molar-refractivity contribution is 0.0985. The zero-order chi connectivity index (χ0) is 20.2. The molecule has 3 aromatic carbocycles. The van der Waals surface area contributed by atoms with E-state index >= 15 is 0 Å². The van der Waals surface area contributed by atoms with Crippen LogP contribution in [0.25, 0.3) is 21.3 Å². The van der Waals surface area contributed by atoms with Crippen LogP contribution >= 0.6 is 11.3 Å². The number of aromatic nitrogens is 1. The zero-order valence-electron chi connectivity index (χ0n) is 16.6. The summed E-state index contributed by atoms with van der Waals surface area (Å²) in [5.41, 5.74) is 3.83. The molecule has 0 unspecified atom stereocenters. The third kappa shape index (κ3) is 4.36. The van der Waals surface area contributed by atoms with E-state index in [0.717, 1.165) is 33.0 Å². The third-order valence-electron chi connectivity index (χ3n) is 4.77. The summed E-state index contributed by atoms with van der Waals surface area (Å²) in [4.78, 5) is 21.9. The van der Waals surface area contributed by atoms with Gasteiger partial charge in [0.15, 0.2) is 5.13 Å². The van der Waals surface area contributed by atoms with E-state index in [-0.39, 0.29) is 5.91 Å². The van der Waals surface area contributed by atoms with Crippen molar-refractivity contribution in [1.29, 1.82) is 0 Å². The Balaban J connectivity index is 1.64. The fourth-order valence-corrected chi connectivity index (χ4v) is 4.14. The van der Waals surface area contributed by atoms with Crippen molar-refractivity contribution in [3.05, 3.63) is 84.4 Å². The van der Waals surface area contributed by atoms with Gasteiger partial charge >= 0.3 is 0 Å². The SMILES string of the molecule is CN(C)CCN(C(=O)c1ccc(-c2ccccc2)cc1)c1nc2ccccc2s1. The Kier molecular flexibility index (Phi) is 5.69. The molecule has 0 fully saturated rings. The Hall–Kier alpha value is -3.02. The van der Waals surface area contributed by atoms with Crippen LogP contribution in [-0.4, -0.2) is 43.0 Å². The van der Waals surface area contributed by atoms with E-state index in [4.69, 9.17) is 4.98 Å². The van der Waals surface area contributed by atoms with Gasteiger partial charge in [-0.2, -0.15) is 0 Å². The number of anilines is 1. The van der Waals surface area contributed by atoms with Gasteiger partial charge in [-0.3, -0.25) is 9.69 Å². The second kappa shape index (κ2) is 8.55. The lowest BCUT2D eigenvalue weighted by Gasteiger charge is -2.22. The van der Waals surface area contributed by atoms with Crippen molar-refractivity contribution < 1.29 is 4.79 Å². The van der Waals surface area contributed by atoms with E-state index in [9.17, 15) is 4.79 Å². The van der Waals surface area contributed by atoms with Crippen LogP contribution in [0.15, 0.2) is 78.9 Å². The maximum Gasteiger partial charge on any atom is 0.260 e. The first kappa shape index (κ1) is 19.3. The van der Waals surface area contributed by atoms with Crippen LogP contribution in [0.4, 0.5) is 5.13 Å². The number of carbonyl (C=O) groups excluding carboxylic acids is 1. The molecule has 146 valence electrons. The minimum absolute atomic E-state index is 0.0227. The Morgan fingerprint density at radius 2 is 1.48 bits per heavy atom. The predicted octanol–water partition coefficient (Wildman–Crippen LogP) is 5.17. The molecule has 29 heavy (non-hydrogen) atoms. The number of fused-ring (bicyclic) bond motifs is 1. The molecule has 0 bridgehead atoms. The van der Waals surface area contributed by atoms with Gasteiger partial charge in [-0.15, -0.1) is 0 Å². The molecule has 0 saturated heterocycles. The number of hydrogen-bond acceptors (Lipinski definition) is 4. The van der Waals surface area contributed by atoms with Crippen molar-refractivity contribution in [2.75, 3.05) is 32.1 Å². The summed E-state index contributed by atoms with van der Waals surface area (Å²) >= 11 is 1.56. The van der Waals surface area contributed by atoms with E-state index in [2.05, 4.69) is 17.0 Å². The highest BCUT2D eigenvalue weighted by Crippen LogP contribution is 2.30. The quantitative estimate of drug-likeness (QED) is 0.447. The second-order valence-corrected chi connectivity index (χ2v) is 8.18. The molecule has 0 N–H and O–H groups in total. The molecule has 1 heterocycles. The number of nitrogens with zero attached hydrogens (tertiary/aromatic N) is 3. The molecule has 0 saturated carbocycles. The van der Waals surface area contributed by atoms with Crippen LogP contribution in [0, 0.1) is 0 Å². The summed E-state index contributed by atoms with van der Waals surface area (Å²) in [6, 6.07) is 26.0. The average molecular weight is 402 g/mol. The first-order valence-corrected chi connectivity index (χ1v) is 10.4. The predicted molar refractivity (Wildman–Crippen MR) is 122 cm³/mol. The van der Waals surface area contributed by atoms with E-state index in [1.807, 2.05) is 80.8 Å². The fourth-order valence-electron chi connectivity index (χ4n) is 3.15. The van der Waals surface area contributed by atoms with Gasteiger partial charge in [-0.1, -0.05) is 65.9 Å². The highest BCUT2D eigenvalue weighted by atomic mass is 32.1. The summed E-state index contributed by atoms with van der Waals surface area (Å²) in [5, 5.41) is 0.741. The minimum atomic E-state index is -0.0227. The molecule has 0 aliphatic rings. The number of para-hydroxylation sites is 1. The number of likely N-dealkylation sites (N-methyl/N-ethyl adjacent to an activating group) is 1. The maximum absolute atomic E-state index is 13.4. The van der Waals surface area contributed by atoms with Crippen LogP contribution in [-0.2, 0) is 0 Å². The van der Waals surface area contributed by atoms with Gasteiger partial charge in [0.2, 0.25) is 0 Å². The lowest BCUT2D eigenvalue weighted by Crippen LogP contribution is -2.36. The van der Waals surface area contributed by atoms with E-state index in [1.54, 1.807) is 16.2 Å². The standard InChI is InChI=1S/C24H23N3OS/c1-26(2)16-17-27(24-25-21-10-6-7-11-22(21)29-24)23(28)20-14-12-19(13-15-20)18-8-4-3-5-9-18/h3-15H,16-17H2,1-2H3. The molecule has 4 nitrogen and oxygen atoms in total. The van der Waals surface area contributed by atoms with Gasteiger partial charge in [0, 0.05) is 18.7 Å². The zero-order valence-corrected chi connectivity index (χ0v) is 17.4. The number of benzene rings is 3. The summed E-state index contributed by atoms with van der Waals surface area (Å²) in [5.74, 6) is -0.0227. The first-order valence-electron chi connectivity index (χ1n) is 9.59. The van der Waals surface area contributed by atoms with Crippen LogP contribution in [0.1, 0.15) is 10.4 Å². The molecule has 4 rings (SSSR count). The monoisotopic (exact) mass is 401 g/mol. The Bertz CT molecular complexity index is 1070. The smallest absolute Gasteiger partial charge is 0.260 e. The second-order valence-electron chi connectivity index (χ2n) is 7.17. The minimum Gasteiger partial charge on any atom is -0.308 e. The van der Waals surface area contributed by atoms with Gasteiger partial charge in [0.05, 0.1) is 10.2 Å². The molecule has 0 aliphatic heterocycles. The van der Waals surface area contributed by atoms with E-state index < -0.39 is 0 Å². The Labute approximate surface area is 175 Å². The van der Waals surface area contributed by atoms with Crippen LogP contribution in [0.5, 0.6) is 0 Å². The number of rotatable bonds is 6. The van der Waals surface area contributed by atoms with Crippen molar-refractivity contribution >= 4 is 32.6 Å². The number of thiazole rings is 1. The molecule has 0 spiro atoms. The third-order valence-corrected chi connectivity index (χ3v) is 5.83. The van der Waals surface area contributed by atoms with Crippen molar-refractivity contribution in [2.45, 2.75) is 0 Å². The highest BCUT2D eigenvalue weighted by molar-refractivity contribution is 7.22. The number of carbonyl (C=O) groups is 1. The van der Waals surface area contributed by atoms with Crippen molar-refractivity contribution in [2.24, 2.45) is 0 Å². The summed E-state index contributed by atoms with van der Waals surface area (Å²) < 4.78 is 1.09. The number of amides is 1. The van der Waals surface area contributed by atoms with Gasteiger partial charge in [0.1, 0.15) is 0 Å². The van der Waals surface area contributed by atoms with Gasteiger partial charge in [-0.05, 0) is 49.5 Å². The van der Waals surface area contributed by atoms with Crippen molar-refractivity contribution in [1.82, 2.24) is 9.88 Å². The molecule has 0 aliphatic carbocycles. The van der Waals surface area contributed by atoms with Crippen LogP contribution in [0.2, 0.25) is 0 Å². The first-order chi connectivity index (χ1) is 14.1. The molecule has 0 radical (unpaired) electrons. The normalized spacial score (nSPS) is 11.1. The Morgan fingerprint density at radius 3 is 2.17 bits per heavy atom. The highest BCUT2D eigenvalue weighted by Gasteiger charge is 2.21. The summed E-state index contributed by atoms with van der Waals surface area (Å²) in [6.45, 7) is 1.36. The van der Waals surface area contributed by atoms with Gasteiger partial charge in [-0.25, -0.2) is 4.98 Å². The lowest BCUT2D eigenvalue weighted by atomic mass is 10.0. The molecular formula is C24H23N3OS. The number of hydrogen-bond donors (Lipinski definition) is 0. The molecule has 4 aromatic rings. The average Bonchev–Trinajstić information content (AvgIpc) is 3.18. The van der Waals surface area contributed by atoms with Gasteiger partial charge < -0.3 is 4.90 Å².